The third kappa shape index (κ3) is 7.94. The Morgan fingerprint density at radius 3 is 2.54 bits per heavy atom. The van der Waals surface area contributed by atoms with Gasteiger partial charge in [-0.3, -0.25) is 19.1 Å². The minimum atomic E-state index is -0.601. The molecular weight excluding hydrogens is 673 g/mol. The number of nitrogens with zero attached hydrogens (tertiary/aromatic N) is 4. The van der Waals surface area contributed by atoms with Crippen LogP contribution >= 0.6 is 35.3 Å². The molecule has 0 aliphatic carbocycles. The predicted molar refractivity (Wildman–Crippen MR) is 190 cm³/mol. The summed E-state index contributed by atoms with van der Waals surface area (Å²) in [6, 6.07) is 11.7. The minimum Gasteiger partial charge on any atom is -0.465 e. The topological polar surface area (TPSA) is 154 Å². The number of methoxy groups -OCH3 is 1. The number of esters is 1. The number of anilines is 1. The van der Waals surface area contributed by atoms with Gasteiger partial charge in [0.05, 0.1) is 37.0 Å². The van der Waals surface area contributed by atoms with Crippen LogP contribution in [0.5, 0.6) is 0 Å². The number of thiophene rings is 1. The fourth-order valence-corrected chi connectivity index (χ4v) is 6.58. The number of nitrogens with two attached hydrogens (primary N) is 1. The molecule has 2 aromatic heterocycles. The number of hydrogen-bond donors (Lipinski definition) is 3. The summed E-state index contributed by atoms with van der Waals surface area (Å²) in [7, 11) is 1.27. The second-order valence-corrected chi connectivity index (χ2v) is 12.5. The van der Waals surface area contributed by atoms with Crippen molar-refractivity contribution in [2.75, 3.05) is 25.5 Å². The Morgan fingerprint density at radius 1 is 1.08 bits per heavy atom. The van der Waals surface area contributed by atoms with Crippen molar-refractivity contribution in [2.24, 2.45) is 10.7 Å². The average molecular weight is 709 g/mol. The van der Waals surface area contributed by atoms with Crippen molar-refractivity contribution in [3.63, 3.8) is 0 Å². The number of halogens is 2. The van der Waals surface area contributed by atoms with E-state index in [4.69, 9.17) is 27.1 Å². The number of aromatic nitrogens is 3. The van der Waals surface area contributed by atoms with Crippen LogP contribution in [0.4, 0.5) is 5.69 Å². The standard InChI is InChI=1S/C34H34ClN7O4S.ClH/c1-19-20(2)47-33-30(19)31(23-10-12-24(35)13-11-23)39-27(32-41-40-21(3)42(32)33)18-29(44)37-16-6-8-28(43)38-26-17-22(7-5-15-36)9-14-25(26)34(45)46-4;/h9-14,17,27H,6,8,15-16,18,36H2,1-4H3,(H,37,44)(H,38,43);1H/t27-;/m0./s1. The largest absolute Gasteiger partial charge is 0.465 e. The van der Waals surface area contributed by atoms with Crippen molar-refractivity contribution in [3.05, 3.63) is 91.8 Å². The molecule has 0 radical (unpaired) electrons. The number of hydrogen-bond acceptors (Lipinski definition) is 9. The Morgan fingerprint density at radius 2 is 1.83 bits per heavy atom. The van der Waals surface area contributed by atoms with Gasteiger partial charge in [0.15, 0.2) is 5.82 Å². The Balaban J connectivity index is 0.00000520. The minimum absolute atomic E-state index is 0. The monoisotopic (exact) mass is 707 g/mol. The Labute approximate surface area is 293 Å². The third-order valence-electron chi connectivity index (χ3n) is 7.67. The third-order valence-corrected chi connectivity index (χ3v) is 9.12. The fourth-order valence-electron chi connectivity index (χ4n) is 5.24. The van der Waals surface area contributed by atoms with E-state index in [1.54, 1.807) is 29.5 Å². The number of aliphatic imine (C=N–C) groups is 1. The van der Waals surface area contributed by atoms with Crippen LogP contribution in [0.1, 0.15) is 74.4 Å². The van der Waals surface area contributed by atoms with Crippen molar-refractivity contribution in [1.29, 1.82) is 0 Å². The first-order valence-corrected chi connectivity index (χ1v) is 16.1. The van der Waals surface area contributed by atoms with Crippen LogP contribution in [0.3, 0.4) is 0 Å². The summed E-state index contributed by atoms with van der Waals surface area (Å²) in [4.78, 5) is 44.6. The highest BCUT2D eigenvalue weighted by Gasteiger charge is 2.32. The molecule has 0 saturated heterocycles. The molecule has 1 aliphatic heterocycles. The van der Waals surface area contributed by atoms with Crippen LogP contribution in [0.2, 0.25) is 5.02 Å². The molecule has 48 heavy (non-hydrogen) atoms. The Bertz CT molecular complexity index is 1940. The summed E-state index contributed by atoms with van der Waals surface area (Å²) in [5.41, 5.74) is 10.3. The Hall–Kier alpha value is -4.54. The van der Waals surface area contributed by atoms with E-state index in [2.05, 4.69) is 46.5 Å². The molecule has 250 valence electrons. The molecule has 5 rings (SSSR count). The molecule has 3 heterocycles. The molecule has 0 bridgehead atoms. The average Bonchev–Trinajstić information content (AvgIpc) is 3.53. The van der Waals surface area contributed by atoms with Crippen molar-refractivity contribution in [1.82, 2.24) is 20.1 Å². The molecule has 1 atom stereocenters. The summed E-state index contributed by atoms with van der Waals surface area (Å²) in [6.45, 7) is 6.47. The van der Waals surface area contributed by atoms with Crippen molar-refractivity contribution in [2.45, 2.75) is 46.1 Å². The molecule has 0 saturated carbocycles. The van der Waals surface area contributed by atoms with Crippen LogP contribution in [0.25, 0.3) is 5.00 Å². The first kappa shape index (κ1) is 36.3. The fraction of sp³-hybridized carbons (Fsp3) is 0.294. The second-order valence-electron chi connectivity index (χ2n) is 10.9. The number of fused-ring (bicyclic) bond motifs is 3. The maximum absolute atomic E-state index is 13.2. The molecule has 4 aromatic rings. The number of carbonyl (C=O) groups is 3. The van der Waals surface area contributed by atoms with Crippen molar-refractivity contribution >= 4 is 64.5 Å². The lowest BCUT2D eigenvalue weighted by Gasteiger charge is -2.13. The predicted octanol–water partition coefficient (Wildman–Crippen LogP) is 5.24. The Kier molecular flexibility index (Phi) is 12.1. The van der Waals surface area contributed by atoms with Crippen LogP contribution in [0, 0.1) is 32.6 Å². The van der Waals surface area contributed by atoms with Crippen LogP contribution in [-0.4, -0.2) is 58.5 Å². The van der Waals surface area contributed by atoms with Gasteiger partial charge in [-0.1, -0.05) is 35.6 Å². The van der Waals surface area contributed by atoms with Crippen LogP contribution in [0.15, 0.2) is 47.5 Å². The summed E-state index contributed by atoms with van der Waals surface area (Å²) in [5, 5.41) is 16.0. The maximum Gasteiger partial charge on any atom is 0.339 e. The lowest BCUT2D eigenvalue weighted by Crippen LogP contribution is -2.27. The number of nitrogens with one attached hydrogen (secondary N) is 2. The van der Waals surface area contributed by atoms with E-state index in [9.17, 15) is 14.4 Å². The molecule has 0 spiro atoms. The van der Waals surface area contributed by atoms with Gasteiger partial charge in [-0.2, -0.15) is 0 Å². The van der Waals surface area contributed by atoms with Gasteiger partial charge < -0.3 is 21.1 Å². The molecule has 0 fully saturated rings. The number of benzene rings is 2. The smallest absolute Gasteiger partial charge is 0.339 e. The second kappa shape index (κ2) is 16.0. The van der Waals surface area contributed by atoms with Gasteiger partial charge in [0.25, 0.3) is 0 Å². The van der Waals surface area contributed by atoms with Crippen molar-refractivity contribution < 1.29 is 19.1 Å². The molecule has 4 N–H and O–H groups in total. The van der Waals surface area contributed by atoms with Gasteiger partial charge in [0.2, 0.25) is 11.8 Å². The number of ether oxygens (including phenoxy) is 1. The van der Waals surface area contributed by atoms with Gasteiger partial charge in [0, 0.05) is 39.6 Å². The molecule has 11 nitrogen and oxygen atoms in total. The highest BCUT2D eigenvalue weighted by molar-refractivity contribution is 7.15. The van der Waals surface area contributed by atoms with Crippen LogP contribution < -0.4 is 16.4 Å². The van der Waals surface area contributed by atoms with E-state index in [0.29, 0.717) is 28.7 Å². The highest BCUT2D eigenvalue weighted by atomic mass is 35.5. The zero-order chi connectivity index (χ0) is 33.7. The van der Waals surface area contributed by atoms with E-state index < -0.39 is 12.0 Å². The van der Waals surface area contributed by atoms with Gasteiger partial charge in [0.1, 0.15) is 16.9 Å². The number of rotatable bonds is 9. The van der Waals surface area contributed by atoms with Gasteiger partial charge in [-0.25, -0.2) is 4.79 Å². The molecule has 0 unspecified atom stereocenters. The molecule has 2 aromatic carbocycles. The maximum atomic E-state index is 13.2. The molecule has 1 aliphatic rings. The van der Waals surface area contributed by atoms with E-state index in [0.717, 1.165) is 32.3 Å². The quantitative estimate of drug-likeness (QED) is 0.122. The van der Waals surface area contributed by atoms with Gasteiger partial charge in [-0.15, -0.1) is 33.9 Å². The normalized spacial score (nSPS) is 13.0. The first-order valence-electron chi connectivity index (χ1n) is 15.0. The van der Waals surface area contributed by atoms with Gasteiger partial charge in [-0.05, 0) is 63.1 Å². The van der Waals surface area contributed by atoms with E-state index in [-0.39, 0.29) is 61.4 Å². The highest BCUT2D eigenvalue weighted by Crippen LogP contribution is 2.39. The zero-order valence-corrected chi connectivity index (χ0v) is 29.2. The zero-order valence-electron chi connectivity index (χ0n) is 26.8. The van der Waals surface area contributed by atoms with E-state index in [1.165, 1.54) is 7.11 Å². The summed E-state index contributed by atoms with van der Waals surface area (Å²) in [6.07, 6.45) is 0.508. The SMILES string of the molecule is COC(=O)c1ccc(C#CCN)cc1NC(=O)CCCNC(=O)C[C@@H]1N=C(c2ccc(Cl)cc2)c2c(sc(C)c2C)-n2c(C)nnc21.Cl. The number of carbonyl (C=O) groups excluding carboxylic acids is 3. The molecule has 14 heteroatoms. The van der Waals surface area contributed by atoms with Gasteiger partial charge >= 0.3 is 5.97 Å². The van der Waals surface area contributed by atoms with E-state index >= 15 is 0 Å². The summed E-state index contributed by atoms with van der Waals surface area (Å²) < 4.78 is 6.84. The van der Waals surface area contributed by atoms with Crippen molar-refractivity contribution in [3.8, 4) is 16.8 Å². The number of amides is 2. The molecular formula is C34H35Cl2N7O4S. The van der Waals surface area contributed by atoms with E-state index in [1.807, 2.05) is 35.8 Å². The van der Waals surface area contributed by atoms with Crippen LogP contribution in [-0.2, 0) is 14.3 Å². The lowest BCUT2D eigenvalue weighted by molar-refractivity contribution is -0.122. The summed E-state index contributed by atoms with van der Waals surface area (Å²) in [5.74, 6) is 5.78. The first-order chi connectivity index (χ1) is 22.6. The number of aryl methyl sites for hydroxylation is 2. The molecule has 2 amide bonds. The summed E-state index contributed by atoms with van der Waals surface area (Å²) >= 11 is 7.84. The lowest BCUT2D eigenvalue weighted by atomic mass is 9.99.